The van der Waals surface area contributed by atoms with E-state index >= 15 is 0 Å². The Morgan fingerprint density at radius 3 is 2.32 bits per heavy atom. The van der Waals surface area contributed by atoms with Crippen molar-refractivity contribution >= 4 is 17.5 Å². The van der Waals surface area contributed by atoms with E-state index in [4.69, 9.17) is 4.74 Å². The van der Waals surface area contributed by atoms with E-state index in [1.165, 1.54) is 6.92 Å². The minimum atomic E-state index is -1.41. The molecule has 0 spiro atoms. The van der Waals surface area contributed by atoms with E-state index in [2.05, 4.69) is 0 Å². The number of rotatable bonds is 4. The van der Waals surface area contributed by atoms with Gasteiger partial charge in [0.05, 0.1) is 5.41 Å². The Hall–Kier alpha value is -2.75. The fourth-order valence-corrected chi connectivity index (χ4v) is 4.79. The molecule has 0 unspecified atom stereocenters. The number of hydrogen-bond acceptors (Lipinski definition) is 4. The van der Waals surface area contributed by atoms with Gasteiger partial charge in [0.15, 0.2) is 5.78 Å². The molecule has 1 aliphatic carbocycles. The Labute approximate surface area is 145 Å². The second-order valence-corrected chi connectivity index (χ2v) is 6.74. The highest BCUT2D eigenvalue weighted by Gasteiger charge is 2.87. The van der Waals surface area contributed by atoms with Crippen molar-refractivity contribution in [2.75, 3.05) is 0 Å². The Morgan fingerprint density at radius 2 is 1.68 bits per heavy atom. The molecule has 2 aromatic carbocycles. The Kier molecular flexibility index (Phi) is 3.23. The van der Waals surface area contributed by atoms with Crippen molar-refractivity contribution in [3.8, 4) is 5.75 Å². The maximum Gasteiger partial charge on any atom is 0.326 e. The Morgan fingerprint density at radius 1 is 1.04 bits per heavy atom. The monoisotopic (exact) mass is 334 g/mol. The van der Waals surface area contributed by atoms with Crippen molar-refractivity contribution in [3.05, 3.63) is 65.7 Å². The molecule has 2 aromatic rings. The van der Waals surface area contributed by atoms with Gasteiger partial charge in [0.1, 0.15) is 16.9 Å². The van der Waals surface area contributed by atoms with Crippen LogP contribution < -0.4 is 4.74 Å². The third-order valence-electron chi connectivity index (χ3n) is 5.85. The standard InChI is InChI=1S/C21H18O4/c1-3-20(18(23)14-9-5-4-6-10-14)17-15-11-7-8-12-16(15)25-19(24)21(17,20)13(2)22/h4-12,17H,3H2,1-2H3/t17-,20-,21-/m1/s1. The van der Waals surface area contributed by atoms with Gasteiger partial charge in [-0.25, -0.2) is 0 Å². The number of carbonyl (C=O) groups excluding carboxylic acids is 3. The molecule has 4 rings (SSSR count). The molecular weight excluding hydrogens is 316 g/mol. The van der Waals surface area contributed by atoms with Crippen LogP contribution in [0.3, 0.4) is 0 Å². The van der Waals surface area contributed by atoms with Crippen LogP contribution in [0.15, 0.2) is 54.6 Å². The first-order chi connectivity index (χ1) is 12.0. The average molecular weight is 334 g/mol. The SMILES string of the molecule is CC[C@]1(C(=O)c2ccccc2)[C@H]2c3ccccc3OC(=O)[C@@]21C(C)=O. The van der Waals surface area contributed by atoms with Gasteiger partial charge in [-0.15, -0.1) is 0 Å². The first-order valence-corrected chi connectivity index (χ1v) is 8.44. The molecule has 0 amide bonds. The molecule has 1 heterocycles. The summed E-state index contributed by atoms with van der Waals surface area (Å²) >= 11 is 0. The summed E-state index contributed by atoms with van der Waals surface area (Å²) in [5.74, 6) is -1.08. The third-order valence-corrected chi connectivity index (χ3v) is 5.85. The molecule has 0 bridgehead atoms. The summed E-state index contributed by atoms with van der Waals surface area (Å²) in [4.78, 5) is 38.9. The van der Waals surface area contributed by atoms with E-state index in [1.54, 1.807) is 36.4 Å². The van der Waals surface area contributed by atoms with Crippen LogP contribution in [0, 0.1) is 10.8 Å². The Balaban J connectivity index is 1.96. The smallest absolute Gasteiger partial charge is 0.326 e. The van der Waals surface area contributed by atoms with Crippen LogP contribution in [0.1, 0.15) is 42.1 Å². The van der Waals surface area contributed by atoms with Gasteiger partial charge < -0.3 is 4.74 Å². The van der Waals surface area contributed by atoms with Crippen molar-refractivity contribution in [3.63, 3.8) is 0 Å². The lowest BCUT2D eigenvalue weighted by Crippen LogP contribution is -2.38. The van der Waals surface area contributed by atoms with Gasteiger partial charge in [-0.05, 0) is 19.4 Å². The van der Waals surface area contributed by atoms with E-state index < -0.39 is 22.7 Å². The molecule has 1 aliphatic heterocycles. The number of para-hydroxylation sites is 1. The third kappa shape index (κ3) is 1.69. The molecule has 0 N–H and O–H groups in total. The van der Waals surface area contributed by atoms with Gasteiger partial charge in [0.2, 0.25) is 0 Å². The maximum atomic E-state index is 13.4. The molecule has 1 saturated carbocycles. The van der Waals surface area contributed by atoms with E-state index in [-0.39, 0.29) is 11.6 Å². The molecule has 0 aromatic heterocycles. The molecule has 4 nitrogen and oxygen atoms in total. The fourth-order valence-electron chi connectivity index (χ4n) is 4.79. The number of ether oxygens (including phenoxy) is 1. The lowest BCUT2D eigenvalue weighted by molar-refractivity contribution is -0.148. The maximum absolute atomic E-state index is 13.4. The van der Waals surface area contributed by atoms with Gasteiger partial charge in [-0.2, -0.15) is 0 Å². The van der Waals surface area contributed by atoms with Crippen LogP contribution in [0.5, 0.6) is 5.75 Å². The highest BCUT2D eigenvalue weighted by molar-refractivity contribution is 6.21. The predicted octanol–water partition coefficient (Wildman–Crippen LogP) is 3.56. The van der Waals surface area contributed by atoms with Gasteiger partial charge in [-0.3, -0.25) is 14.4 Å². The van der Waals surface area contributed by atoms with Crippen LogP contribution in [-0.4, -0.2) is 17.5 Å². The average Bonchev–Trinajstić information content (AvgIpc) is 3.29. The molecule has 126 valence electrons. The number of hydrogen-bond donors (Lipinski definition) is 0. The topological polar surface area (TPSA) is 60.4 Å². The second-order valence-electron chi connectivity index (χ2n) is 6.74. The van der Waals surface area contributed by atoms with Crippen molar-refractivity contribution in [2.45, 2.75) is 26.2 Å². The summed E-state index contributed by atoms with van der Waals surface area (Å²) in [6.07, 6.45) is 0.397. The molecule has 2 aliphatic rings. The molecule has 4 heteroatoms. The van der Waals surface area contributed by atoms with Crippen molar-refractivity contribution in [1.29, 1.82) is 0 Å². The lowest BCUT2D eigenvalue weighted by Gasteiger charge is -2.22. The van der Waals surface area contributed by atoms with Gasteiger partial charge in [0, 0.05) is 17.0 Å². The minimum absolute atomic E-state index is 0.163. The van der Waals surface area contributed by atoms with Crippen LogP contribution in [0.25, 0.3) is 0 Å². The van der Waals surface area contributed by atoms with E-state index in [0.29, 0.717) is 17.7 Å². The summed E-state index contributed by atoms with van der Waals surface area (Å²) in [5, 5.41) is 0. The minimum Gasteiger partial charge on any atom is -0.425 e. The van der Waals surface area contributed by atoms with Crippen molar-refractivity contribution < 1.29 is 19.1 Å². The number of carbonyl (C=O) groups is 3. The number of Topliss-reactive ketones (excluding diaryl/α,β-unsaturated/α-hetero) is 2. The van der Waals surface area contributed by atoms with Crippen LogP contribution in [0.2, 0.25) is 0 Å². The van der Waals surface area contributed by atoms with Gasteiger partial charge >= 0.3 is 5.97 Å². The van der Waals surface area contributed by atoms with E-state index in [9.17, 15) is 14.4 Å². The molecule has 0 radical (unpaired) electrons. The molecule has 25 heavy (non-hydrogen) atoms. The second kappa shape index (κ2) is 5.12. The van der Waals surface area contributed by atoms with Gasteiger partial charge in [-0.1, -0.05) is 55.5 Å². The van der Waals surface area contributed by atoms with E-state index in [0.717, 1.165) is 5.56 Å². The lowest BCUT2D eigenvalue weighted by atomic mass is 9.81. The first-order valence-electron chi connectivity index (χ1n) is 8.44. The largest absolute Gasteiger partial charge is 0.425 e. The van der Waals surface area contributed by atoms with Crippen molar-refractivity contribution in [1.82, 2.24) is 0 Å². The first kappa shape index (κ1) is 15.8. The Bertz CT molecular complexity index is 901. The van der Waals surface area contributed by atoms with Gasteiger partial charge in [0.25, 0.3) is 0 Å². The number of fused-ring (bicyclic) bond motifs is 3. The highest BCUT2D eigenvalue weighted by Crippen LogP contribution is 2.80. The molecule has 0 saturated heterocycles. The normalized spacial score (nSPS) is 29.2. The molecular formula is C21H18O4. The van der Waals surface area contributed by atoms with Crippen LogP contribution in [-0.2, 0) is 9.59 Å². The number of benzene rings is 2. The summed E-state index contributed by atoms with van der Waals surface area (Å²) in [5.41, 5.74) is -1.21. The summed E-state index contributed by atoms with van der Waals surface area (Å²) in [6, 6.07) is 16.0. The van der Waals surface area contributed by atoms with Crippen molar-refractivity contribution in [2.24, 2.45) is 10.8 Å². The summed E-state index contributed by atoms with van der Waals surface area (Å²) in [7, 11) is 0. The zero-order chi connectivity index (χ0) is 17.8. The molecule has 3 atom stereocenters. The highest BCUT2D eigenvalue weighted by atomic mass is 16.5. The summed E-state index contributed by atoms with van der Waals surface area (Å²) in [6.45, 7) is 3.25. The number of ketones is 2. The van der Waals surface area contributed by atoms with Crippen LogP contribution >= 0.6 is 0 Å². The fraction of sp³-hybridized carbons (Fsp3) is 0.286. The summed E-state index contributed by atoms with van der Waals surface area (Å²) < 4.78 is 5.48. The quantitative estimate of drug-likeness (QED) is 0.371. The zero-order valence-corrected chi connectivity index (χ0v) is 14.1. The predicted molar refractivity (Wildman–Crippen MR) is 91.4 cm³/mol. The van der Waals surface area contributed by atoms with Crippen LogP contribution in [0.4, 0.5) is 0 Å². The van der Waals surface area contributed by atoms with E-state index in [1.807, 2.05) is 25.1 Å². The number of esters is 1. The zero-order valence-electron chi connectivity index (χ0n) is 14.1. The molecule has 1 fully saturated rings.